The van der Waals surface area contributed by atoms with Gasteiger partial charge in [-0.2, -0.15) is 17.6 Å². The molecule has 3 fully saturated rings. The summed E-state index contributed by atoms with van der Waals surface area (Å²) in [5, 5.41) is 0. The van der Waals surface area contributed by atoms with Gasteiger partial charge in [-0.25, -0.2) is 14.8 Å². The summed E-state index contributed by atoms with van der Waals surface area (Å²) in [6.45, 7) is 10.9. The number of nitrogens with one attached hydrogen (secondary N) is 2. The second-order valence-electron chi connectivity index (χ2n) is 17.5. The molecule has 1 aliphatic carbocycles. The fraction of sp³-hybridized carbons (Fsp3) is 0.455. The van der Waals surface area contributed by atoms with Gasteiger partial charge in [0.25, 0.3) is 0 Å². The Morgan fingerprint density at radius 2 is 1.51 bits per heavy atom. The first-order valence-electron chi connectivity index (χ1n) is 20.1. The van der Waals surface area contributed by atoms with Gasteiger partial charge in [0.2, 0.25) is 5.91 Å². The van der Waals surface area contributed by atoms with Crippen LogP contribution in [0.15, 0.2) is 60.8 Å². The van der Waals surface area contributed by atoms with Gasteiger partial charge in [0.1, 0.15) is 17.2 Å². The number of halogens is 4. The molecule has 4 aliphatic rings. The number of likely N-dealkylation sites (tertiary alicyclic amines) is 2. The molecular formula is C44H46F4N6O5. The van der Waals surface area contributed by atoms with E-state index in [0.29, 0.717) is 78.5 Å². The lowest BCUT2D eigenvalue weighted by atomic mass is 9.78. The predicted octanol–water partition coefficient (Wildman–Crippen LogP) is 9.62. The standard InChI is InChI=1S/C44H46F4N6O5/c1-24(2)17-37(55)54-23-42(57-15-16-58-42)21-36(54)38-49-22-34(52-38)27-9-12-29-28-11-8-25(18-30(28)43(45,46)44(47,48)31(29)19-27)26-10-13-32-33(20-26)51-39(50-32)35-7-6-14-53(35)40(56)59-41(3,4)5/h8-13,18-20,22,24,35-36H,6-7,14-17,21,23H2,1-5H3,(H,49,52)(H,50,51)/t35-,36-/m0/s1. The molecule has 11 nitrogen and oxygen atoms in total. The first kappa shape index (κ1) is 39.2. The van der Waals surface area contributed by atoms with Crippen LogP contribution in [0.5, 0.6) is 0 Å². The van der Waals surface area contributed by atoms with E-state index in [1.54, 1.807) is 40.1 Å². The van der Waals surface area contributed by atoms with E-state index in [1.165, 1.54) is 18.3 Å². The fourth-order valence-corrected chi connectivity index (χ4v) is 8.89. The Labute approximate surface area is 338 Å². The van der Waals surface area contributed by atoms with Crippen molar-refractivity contribution < 1.29 is 41.4 Å². The van der Waals surface area contributed by atoms with Crippen molar-refractivity contribution in [1.29, 1.82) is 0 Å². The van der Waals surface area contributed by atoms with Crippen molar-refractivity contribution in [3.63, 3.8) is 0 Å². The van der Waals surface area contributed by atoms with Gasteiger partial charge in [-0.1, -0.05) is 44.2 Å². The highest BCUT2D eigenvalue weighted by Gasteiger charge is 2.63. The van der Waals surface area contributed by atoms with Gasteiger partial charge in [-0.15, -0.1) is 0 Å². The number of amides is 2. The number of nitrogens with zero attached hydrogens (tertiary/aromatic N) is 4. The third-order valence-electron chi connectivity index (χ3n) is 11.7. The number of benzene rings is 3. The Morgan fingerprint density at radius 1 is 0.864 bits per heavy atom. The summed E-state index contributed by atoms with van der Waals surface area (Å²) in [5.41, 5.74) is 0.486. The van der Waals surface area contributed by atoms with Crippen LogP contribution in [-0.4, -0.2) is 79.4 Å². The number of hydrogen-bond acceptors (Lipinski definition) is 7. The molecule has 0 radical (unpaired) electrons. The molecule has 3 saturated heterocycles. The summed E-state index contributed by atoms with van der Waals surface area (Å²) in [6, 6.07) is 12.8. The van der Waals surface area contributed by atoms with Crippen molar-refractivity contribution in [3.8, 4) is 33.5 Å². The van der Waals surface area contributed by atoms with Gasteiger partial charge in [-0.3, -0.25) is 9.69 Å². The highest BCUT2D eigenvalue weighted by Crippen LogP contribution is 2.59. The first-order chi connectivity index (χ1) is 27.9. The number of rotatable bonds is 6. The average molecular weight is 815 g/mol. The van der Waals surface area contributed by atoms with E-state index in [0.717, 1.165) is 18.6 Å². The Morgan fingerprint density at radius 3 is 2.19 bits per heavy atom. The number of aromatic amines is 2. The second kappa shape index (κ2) is 13.9. The molecule has 3 aliphatic heterocycles. The summed E-state index contributed by atoms with van der Waals surface area (Å²) in [7, 11) is 0. The minimum Gasteiger partial charge on any atom is -0.444 e. The number of alkyl halides is 4. The number of hydrogen-bond donors (Lipinski definition) is 2. The maximum atomic E-state index is 16.2. The van der Waals surface area contributed by atoms with E-state index in [9.17, 15) is 9.59 Å². The number of fused-ring (bicyclic) bond motifs is 4. The van der Waals surface area contributed by atoms with E-state index >= 15 is 17.6 Å². The average Bonchev–Trinajstić information content (AvgIpc) is 4.03. The molecule has 2 atom stereocenters. The van der Waals surface area contributed by atoms with E-state index in [2.05, 4.69) is 15.0 Å². The zero-order valence-corrected chi connectivity index (χ0v) is 33.5. The zero-order chi connectivity index (χ0) is 41.6. The second-order valence-corrected chi connectivity index (χ2v) is 17.5. The van der Waals surface area contributed by atoms with Gasteiger partial charge in [0, 0.05) is 36.1 Å². The van der Waals surface area contributed by atoms with Crippen LogP contribution >= 0.6 is 0 Å². The minimum atomic E-state index is -4.55. The molecule has 2 amide bonds. The molecule has 5 aromatic rings. The van der Waals surface area contributed by atoms with Gasteiger partial charge in [0.15, 0.2) is 5.79 Å². The quantitative estimate of drug-likeness (QED) is 0.164. The molecule has 1 spiro atoms. The maximum absolute atomic E-state index is 16.2. The Balaban J connectivity index is 1.01. The third-order valence-corrected chi connectivity index (χ3v) is 11.7. The van der Waals surface area contributed by atoms with Crippen LogP contribution < -0.4 is 0 Å². The Hall–Kier alpha value is -5.28. The van der Waals surface area contributed by atoms with Crippen LogP contribution in [0.2, 0.25) is 0 Å². The summed E-state index contributed by atoms with van der Waals surface area (Å²) >= 11 is 0. The lowest BCUT2D eigenvalue weighted by Gasteiger charge is -2.35. The lowest BCUT2D eigenvalue weighted by molar-refractivity contribution is -0.225. The Kier molecular flexibility index (Phi) is 9.24. The van der Waals surface area contributed by atoms with Gasteiger partial charge in [0.05, 0.1) is 54.8 Å². The van der Waals surface area contributed by atoms with Crippen molar-refractivity contribution in [2.75, 3.05) is 26.3 Å². The molecule has 310 valence electrons. The zero-order valence-electron chi connectivity index (χ0n) is 33.5. The molecule has 5 heterocycles. The van der Waals surface area contributed by atoms with Crippen molar-refractivity contribution in [3.05, 3.63) is 83.6 Å². The molecule has 2 N–H and O–H groups in total. The summed E-state index contributed by atoms with van der Waals surface area (Å²) in [6.07, 6.45) is 3.17. The van der Waals surface area contributed by atoms with Crippen LogP contribution in [0.4, 0.5) is 22.4 Å². The number of aromatic nitrogens is 4. The lowest BCUT2D eigenvalue weighted by Crippen LogP contribution is -2.39. The van der Waals surface area contributed by atoms with E-state index in [-0.39, 0.29) is 41.1 Å². The van der Waals surface area contributed by atoms with Gasteiger partial charge >= 0.3 is 17.9 Å². The monoisotopic (exact) mass is 814 g/mol. The highest BCUT2D eigenvalue weighted by molar-refractivity contribution is 5.85. The Bertz CT molecular complexity index is 2470. The fourth-order valence-electron chi connectivity index (χ4n) is 8.89. The molecule has 9 rings (SSSR count). The van der Waals surface area contributed by atoms with Crippen molar-refractivity contribution in [2.24, 2.45) is 5.92 Å². The molecular weight excluding hydrogens is 769 g/mol. The van der Waals surface area contributed by atoms with Crippen LogP contribution in [-0.2, 0) is 30.9 Å². The summed E-state index contributed by atoms with van der Waals surface area (Å²) in [4.78, 5) is 45.3. The predicted molar refractivity (Wildman–Crippen MR) is 210 cm³/mol. The van der Waals surface area contributed by atoms with E-state index in [4.69, 9.17) is 19.2 Å². The van der Waals surface area contributed by atoms with Crippen molar-refractivity contribution in [2.45, 2.75) is 95.6 Å². The molecule has 0 saturated carbocycles. The molecule has 59 heavy (non-hydrogen) atoms. The van der Waals surface area contributed by atoms with Gasteiger partial charge < -0.3 is 29.1 Å². The number of H-pyrrole nitrogens is 2. The molecule has 15 heteroatoms. The van der Waals surface area contributed by atoms with Gasteiger partial charge in [-0.05, 0) is 86.1 Å². The van der Waals surface area contributed by atoms with E-state index < -0.39 is 46.5 Å². The normalized spacial score (nSPS) is 21.7. The van der Waals surface area contributed by atoms with Crippen molar-refractivity contribution in [1.82, 2.24) is 29.7 Å². The maximum Gasteiger partial charge on any atom is 0.410 e. The first-order valence-corrected chi connectivity index (χ1v) is 20.1. The smallest absolute Gasteiger partial charge is 0.410 e. The highest BCUT2D eigenvalue weighted by atomic mass is 19.3. The molecule has 3 aromatic carbocycles. The number of carbonyl (C=O) groups is 2. The van der Waals surface area contributed by atoms with Crippen LogP contribution in [0, 0.1) is 5.92 Å². The SMILES string of the molecule is CC(C)CC(=O)N1CC2(C[C@H]1c1ncc(-c3ccc4c(c3)C(F)(F)C(F)(F)c3cc(-c5ccc6nc([C@@H]7CCCN7C(=O)OC(C)(C)C)[nH]c6c5)ccc3-4)[nH]1)OCCO2. The van der Waals surface area contributed by atoms with Crippen LogP contribution in [0.3, 0.4) is 0 Å². The molecule has 0 bridgehead atoms. The topological polar surface area (TPSA) is 126 Å². The number of ether oxygens (including phenoxy) is 3. The summed E-state index contributed by atoms with van der Waals surface area (Å²) < 4.78 is 82.2. The largest absolute Gasteiger partial charge is 0.444 e. The van der Waals surface area contributed by atoms with Crippen molar-refractivity contribution >= 4 is 23.0 Å². The molecule has 0 unspecified atom stereocenters. The summed E-state index contributed by atoms with van der Waals surface area (Å²) in [5.74, 6) is -9.00. The van der Waals surface area contributed by atoms with Crippen LogP contribution in [0.25, 0.3) is 44.5 Å². The number of imidazole rings is 2. The minimum absolute atomic E-state index is 0.00412. The third kappa shape index (κ3) is 6.75. The molecule has 2 aromatic heterocycles. The number of carbonyl (C=O) groups excluding carboxylic acids is 2. The van der Waals surface area contributed by atoms with Crippen LogP contribution in [0.1, 0.15) is 95.2 Å². The van der Waals surface area contributed by atoms with E-state index in [1.807, 2.05) is 34.6 Å².